The topological polar surface area (TPSA) is 135 Å². The molecule has 0 aromatic heterocycles. The van der Waals surface area contributed by atoms with Crippen LogP contribution in [0, 0.1) is 0 Å². The van der Waals surface area contributed by atoms with Gasteiger partial charge in [0, 0.05) is 6.04 Å². The summed E-state index contributed by atoms with van der Waals surface area (Å²) in [6, 6.07) is -0.0972. The van der Waals surface area contributed by atoms with Gasteiger partial charge in [0.05, 0.1) is 11.5 Å². The smallest absolute Gasteiger partial charge is 0.327 e. The molecular formula is C4H11NO6S2. The molecular weight excluding hydrogens is 222 g/mol. The maximum atomic E-state index is 10.6. The number of rotatable bonds is 0. The van der Waals surface area contributed by atoms with Crippen LogP contribution in [0.1, 0.15) is 6.42 Å². The molecule has 13 heavy (non-hydrogen) atoms. The fourth-order valence-corrected chi connectivity index (χ4v) is 2.47. The van der Waals surface area contributed by atoms with Crippen LogP contribution in [-0.4, -0.2) is 43.5 Å². The van der Waals surface area contributed by atoms with Gasteiger partial charge in [0.2, 0.25) is 0 Å². The summed E-state index contributed by atoms with van der Waals surface area (Å²) in [5.74, 6) is 0.473. The predicted octanol–water partition coefficient (Wildman–Crippen LogP) is -1.52. The molecule has 1 unspecified atom stereocenters. The molecule has 1 rings (SSSR count). The van der Waals surface area contributed by atoms with Crippen LogP contribution in [0.25, 0.3) is 0 Å². The number of hydrogen-bond donors (Lipinski definition) is 3. The molecule has 0 aliphatic carbocycles. The standard InChI is InChI=1S/C4H9NO2S.H2O4S/c5-4-1-2-8(6,7)3-4;1-5(2,3)4/h4H,1-3,5H2;(H2,1,2,3,4). The molecule has 1 heterocycles. The minimum Gasteiger partial charge on any atom is -0.327 e. The molecule has 0 radical (unpaired) electrons. The molecule has 0 spiro atoms. The molecule has 1 aliphatic heterocycles. The Morgan fingerprint density at radius 3 is 1.77 bits per heavy atom. The number of hydrogen-bond acceptors (Lipinski definition) is 5. The van der Waals surface area contributed by atoms with Crippen molar-refractivity contribution < 1.29 is 25.9 Å². The van der Waals surface area contributed by atoms with Crippen LogP contribution in [0.2, 0.25) is 0 Å². The highest BCUT2D eigenvalue weighted by molar-refractivity contribution is 7.91. The molecule has 4 N–H and O–H groups in total. The summed E-state index contributed by atoms with van der Waals surface area (Å²) < 4.78 is 52.7. The molecule has 9 heteroatoms. The van der Waals surface area contributed by atoms with Gasteiger partial charge in [-0.2, -0.15) is 8.42 Å². The zero-order valence-electron chi connectivity index (χ0n) is 6.62. The van der Waals surface area contributed by atoms with Gasteiger partial charge in [0.1, 0.15) is 0 Å². The monoisotopic (exact) mass is 233 g/mol. The van der Waals surface area contributed by atoms with Gasteiger partial charge in [0.15, 0.2) is 9.84 Å². The van der Waals surface area contributed by atoms with Crippen molar-refractivity contribution in [2.75, 3.05) is 11.5 Å². The molecule has 0 saturated carbocycles. The van der Waals surface area contributed by atoms with Crippen molar-refractivity contribution in [3.05, 3.63) is 0 Å². The fourth-order valence-electron chi connectivity index (χ4n) is 0.824. The molecule has 1 fully saturated rings. The third-order valence-electron chi connectivity index (χ3n) is 1.27. The largest absolute Gasteiger partial charge is 0.394 e. The summed E-state index contributed by atoms with van der Waals surface area (Å²) in [4.78, 5) is 0. The number of nitrogens with two attached hydrogens (primary N) is 1. The molecule has 80 valence electrons. The van der Waals surface area contributed by atoms with E-state index < -0.39 is 20.2 Å². The molecule has 0 aromatic rings. The Balaban J connectivity index is 0.000000252. The van der Waals surface area contributed by atoms with Crippen molar-refractivity contribution >= 4 is 20.2 Å². The third-order valence-corrected chi connectivity index (χ3v) is 3.06. The van der Waals surface area contributed by atoms with Gasteiger partial charge in [-0.15, -0.1) is 0 Å². The quantitative estimate of drug-likeness (QED) is 0.432. The van der Waals surface area contributed by atoms with Crippen LogP contribution in [0.5, 0.6) is 0 Å². The maximum absolute atomic E-state index is 10.6. The van der Waals surface area contributed by atoms with Gasteiger partial charge in [-0.25, -0.2) is 8.42 Å². The molecule has 0 bridgehead atoms. The second-order valence-corrected chi connectivity index (χ2v) is 5.74. The summed E-state index contributed by atoms with van der Waals surface area (Å²) in [5, 5.41) is 0. The first-order valence-corrected chi connectivity index (χ1v) is 6.48. The molecule has 7 nitrogen and oxygen atoms in total. The van der Waals surface area contributed by atoms with Gasteiger partial charge in [-0.05, 0) is 6.42 Å². The highest BCUT2D eigenvalue weighted by atomic mass is 32.3. The molecule has 0 amide bonds. The summed E-state index contributed by atoms with van der Waals surface area (Å²) in [5.41, 5.74) is 5.33. The van der Waals surface area contributed by atoms with Gasteiger partial charge >= 0.3 is 10.4 Å². The van der Waals surface area contributed by atoms with Crippen molar-refractivity contribution in [1.82, 2.24) is 0 Å². The van der Waals surface area contributed by atoms with Crippen molar-refractivity contribution in [2.45, 2.75) is 12.5 Å². The first-order chi connectivity index (χ1) is 5.60. The van der Waals surface area contributed by atoms with E-state index in [1.165, 1.54) is 0 Å². The summed E-state index contributed by atoms with van der Waals surface area (Å²) in [6.07, 6.45) is 0.641. The maximum Gasteiger partial charge on any atom is 0.394 e. The lowest BCUT2D eigenvalue weighted by atomic mass is 10.3. The van der Waals surface area contributed by atoms with E-state index in [9.17, 15) is 8.42 Å². The van der Waals surface area contributed by atoms with Crippen molar-refractivity contribution in [2.24, 2.45) is 5.73 Å². The fraction of sp³-hybridized carbons (Fsp3) is 1.00. The highest BCUT2D eigenvalue weighted by Gasteiger charge is 2.24. The first-order valence-electron chi connectivity index (χ1n) is 3.26. The Hall–Kier alpha value is -0.220. The summed E-state index contributed by atoms with van der Waals surface area (Å²) in [6.45, 7) is 0. The van der Waals surface area contributed by atoms with Crippen LogP contribution in [0.4, 0.5) is 0 Å². The molecule has 1 saturated heterocycles. The van der Waals surface area contributed by atoms with E-state index in [1.54, 1.807) is 0 Å². The zero-order valence-corrected chi connectivity index (χ0v) is 8.25. The minimum atomic E-state index is -4.67. The lowest BCUT2D eigenvalue weighted by molar-refractivity contribution is 0.381. The van der Waals surface area contributed by atoms with E-state index >= 15 is 0 Å². The predicted molar refractivity (Wildman–Crippen MR) is 45.4 cm³/mol. The first kappa shape index (κ1) is 12.8. The number of sulfone groups is 1. The van der Waals surface area contributed by atoms with E-state index in [4.69, 9.17) is 23.3 Å². The lowest BCUT2D eigenvalue weighted by Crippen LogP contribution is -2.20. The van der Waals surface area contributed by atoms with Crippen LogP contribution in [-0.2, 0) is 20.2 Å². The Morgan fingerprint density at radius 1 is 1.31 bits per heavy atom. The zero-order chi connectivity index (χ0) is 10.7. The molecule has 1 aliphatic rings. The van der Waals surface area contributed by atoms with E-state index in [0.717, 1.165) is 0 Å². The normalized spacial score (nSPS) is 26.2. The van der Waals surface area contributed by atoms with Crippen LogP contribution < -0.4 is 5.73 Å². The second kappa shape index (κ2) is 4.33. The lowest BCUT2D eigenvalue weighted by Gasteiger charge is -1.91. The van der Waals surface area contributed by atoms with E-state index in [-0.39, 0.29) is 17.5 Å². The SMILES string of the molecule is NC1CCS(=O)(=O)C1.O=S(=O)(O)O. The average molecular weight is 233 g/mol. The highest BCUT2D eigenvalue weighted by Crippen LogP contribution is 2.07. The van der Waals surface area contributed by atoms with Crippen molar-refractivity contribution in [1.29, 1.82) is 0 Å². The van der Waals surface area contributed by atoms with Gasteiger partial charge < -0.3 is 5.73 Å². The molecule has 0 aromatic carbocycles. The van der Waals surface area contributed by atoms with Crippen LogP contribution >= 0.6 is 0 Å². The van der Waals surface area contributed by atoms with Gasteiger partial charge in [-0.1, -0.05) is 0 Å². The summed E-state index contributed by atoms with van der Waals surface area (Å²) >= 11 is 0. The van der Waals surface area contributed by atoms with E-state index in [2.05, 4.69) is 0 Å². The Labute approximate surface area is 76.4 Å². The average Bonchev–Trinajstić information content (AvgIpc) is 2.04. The minimum absolute atomic E-state index is 0.0972. The van der Waals surface area contributed by atoms with E-state index in [0.29, 0.717) is 6.42 Å². The Kier molecular flexibility index (Phi) is 4.26. The van der Waals surface area contributed by atoms with Crippen LogP contribution in [0.15, 0.2) is 0 Å². The van der Waals surface area contributed by atoms with Crippen molar-refractivity contribution in [3.8, 4) is 0 Å². The summed E-state index contributed by atoms with van der Waals surface area (Å²) in [7, 11) is -7.39. The van der Waals surface area contributed by atoms with E-state index in [1.807, 2.05) is 0 Å². The Bertz CT molecular complexity index is 335. The van der Waals surface area contributed by atoms with Crippen LogP contribution in [0.3, 0.4) is 0 Å². The molecule has 1 atom stereocenters. The van der Waals surface area contributed by atoms with Gasteiger partial charge in [-0.3, -0.25) is 9.11 Å². The van der Waals surface area contributed by atoms with Gasteiger partial charge in [0.25, 0.3) is 0 Å². The Morgan fingerprint density at radius 2 is 1.69 bits per heavy atom. The second-order valence-electron chi connectivity index (χ2n) is 2.61. The third kappa shape index (κ3) is 9.70. The van der Waals surface area contributed by atoms with Crippen molar-refractivity contribution in [3.63, 3.8) is 0 Å².